The van der Waals surface area contributed by atoms with Gasteiger partial charge < -0.3 is 10.1 Å². The predicted molar refractivity (Wildman–Crippen MR) is 65.5 cm³/mol. The second-order valence-corrected chi connectivity index (χ2v) is 3.53. The molecule has 90 valence electrons. The summed E-state index contributed by atoms with van der Waals surface area (Å²) in [5.74, 6) is -0.0634. The van der Waals surface area contributed by atoms with Gasteiger partial charge >= 0.3 is 0 Å². The van der Waals surface area contributed by atoms with E-state index in [-0.39, 0.29) is 5.91 Å². The van der Waals surface area contributed by atoms with E-state index in [1.807, 2.05) is 19.1 Å². The molecule has 0 fully saturated rings. The van der Waals surface area contributed by atoms with E-state index in [0.29, 0.717) is 26.1 Å². The van der Waals surface area contributed by atoms with Crippen LogP contribution in [0.4, 0.5) is 5.69 Å². The molecule has 0 aromatic heterocycles. The van der Waals surface area contributed by atoms with Crippen LogP contribution in [0.1, 0.15) is 18.9 Å². The fourth-order valence-corrected chi connectivity index (χ4v) is 1.33. The van der Waals surface area contributed by atoms with Crippen molar-refractivity contribution in [2.75, 3.05) is 18.5 Å². The zero-order valence-corrected chi connectivity index (χ0v) is 9.90. The Morgan fingerprint density at radius 1 is 1.41 bits per heavy atom. The lowest BCUT2D eigenvalue weighted by Gasteiger charge is -2.05. The number of nitriles is 1. The van der Waals surface area contributed by atoms with Gasteiger partial charge in [-0.2, -0.15) is 5.26 Å². The van der Waals surface area contributed by atoms with Gasteiger partial charge in [-0.05, 0) is 24.6 Å². The monoisotopic (exact) mass is 232 g/mol. The van der Waals surface area contributed by atoms with Gasteiger partial charge in [0.2, 0.25) is 5.91 Å². The molecule has 0 bridgehead atoms. The lowest BCUT2D eigenvalue weighted by atomic mass is 10.1. The SMILES string of the molecule is CCOCCC(=O)Nc1ccc(CC#N)cc1. The molecule has 0 aliphatic rings. The zero-order chi connectivity index (χ0) is 12.5. The molecule has 1 aromatic rings. The first-order valence-electron chi connectivity index (χ1n) is 5.59. The lowest BCUT2D eigenvalue weighted by Crippen LogP contribution is -2.14. The zero-order valence-electron chi connectivity index (χ0n) is 9.90. The summed E-state index contributed by atoms with van der Waals surface area (Å²) in [5, 5.41) is 11.3. The van der Waals surface area contributed by atoms with Gasteiger partial charge in [-0.1, -0.05) is 12.1 Å². The second-order valence-electron chi connectivity index (χ2n) is 3.53. The number of carbonyl (C=O) groups is 1. The van der Waals surface area contributed by atoms with E-state index in [1.165, 1.54) is 0 Å². The number of ether oxygens (including phenoxy) is 1. The highest BCUT2D eigenvalue weighted by molar-refractivity contribution is 5.90. The number of hydrogen-bond donors (Lipinski definition) is 1. The number of carbonyl (C=O) groups excluding carboxylic acids is 1. The molecule has 0 aliphatic carbocycles. The fourth-order valence-electron chi connectivity index (χ4n) is 1.33. The highest BCUT2D eigenvalue weighted by atomic mass is 16.5. The molecular weight excluding hydrogens is 216 g/mol. The van der Waals surface area contributed by atoms with Crippen molar-refractivity contribution in [1.29, 1.82) is 5.26 Å². The number of hydrogen-bond acceptors (Lipinski definition) is 3. The van der Waals surface area contributed by atoms with E-state index in [9.17, 15) is 4.79 Å². The Morgan fingerprint density at radius 2 is 2.12 bits per heavy atom. The van der Waals surface area contributed by atoms with Crippen LogP contribution in [0.5, 0.6) is 0 Å². The van der Waals surface area contributed by atoms with E-state index < -0.39 is 0 Å². The standard InChI is InChI=1S/C13H16N2O2/c1-2-17-10-8-13(16)15-12-5-3-11(4-6-12)7-9-14/h3-6H,2,7-8,10H2,1H3,(H,15,16). The van der Waals surface area contributed by atoms with Crippen molar-refractivity contribution in [2.24, 2.45) is 0 Å². The van der Waals surface area contributed by atoms with E-state index in [0.717, 1.165) is 11.3 Å². The summed E-state index contributed by atoms with van der Waals surface area (Å²) < 4.78 is 5.10. The van der Waals surface area contributed by atoms with Crippen LogP contribution in [0.2, 0.25) is 0 Å². The Balaban J connectivity index is 2.41. The summed E-state index contributed by atoms with van der Waals surface area (Å²) in [4.78, 5) is 11.5. The average Bonchev–Trinajstić information content (AvgIpc) is 2.32. The number of amides is 1. The molecular formula is C13H16N2O2. The first-order valence-corrected chi connectivity index (χ1v) is 5.59. The minimum Gasteiger partial charge on any atom is -0.381 e. The maximum absolute atomic E-state index is 11.5. The molecule has 0 radical (unpaired) electrons. The fraction of sp³-hybridized carbons (Fsp3) is 0.385. The molecule has 0 atom stereocenters. The van der Waals surface area contributed by atoms with Crippen molar-refractivity contribution >= 4 is 11.6 Å². The number of nitrogens with zero attached hydrogens (tertiary/aromatic N) is 1. The summed E-state index contributed by atoms with van der Waals surface area (Å²) in [6.07, 6.45) is 0.742. The van der Waals surface area contributed by atoms with Crippen LogP contribution in [-0.4, -0.2) is 19.1 Å². The van der Waals surface area contributed by atoms with Crippen molar-refractivity contribution in [2.45, 2.75) is 19.8 Å². The van der Waals surface area contributed by atoms with Crippen molar-refractivity contribution in [1.82, 2.24) is 0 Å². The van der Waals surface area contributed by atoms with Gasteiger partial charge in [0.05, 0.1) is 25.5 Å². The molecule has 0 saturated heterocycles. The number of rotatable bonds is 6. The summed E-state index contributed by atoms with van der Waals surface area (Å²) in [7, 11) is 0. The van der Waals surface area contributed by atoms with Crippen LogP contribution in [0.3, 0.4) is 0 Å². The molecule has 17 heavy (non-hydrogen) atoms. The average molecular weight is 232 g/mol. The van der Waals surface area contributed by atoms with Crippen LogP contribution >= 0.6 is 0 Å². The Morgan fingerprint density at radius 3 is 2.71 bits per heavy atom. The molecule has 0 aliphatic heterocycles. The third-order valence-electron chi connectivity index (χ3n) is 2.20. The minimum absolute atomic E-state index is 0.0634. The van der Waals surface area contributed by atoms with Gasteiger partial charge in [0.1, 0.15) is 0 Å². The molecule has 4 nitrogen and oxygen atoms in total. The van der Waals surface area contributed by atoms with Crippen LogP contribution in [0, 0.1) is 11.3 Å². The van der Waals surface area contributed by atoms with Crippen molar-refractivity contribution in [3.63, 3.8) is 0 Å². The Kier molecular flexibility index (Phi) is 5.76. The smallest absolute Gasteiger partial charge is 0.226 e. The van der Waals surface area contributed by atoms with Crippen LogP contribution in [-0.2, 0) is 16.0 Å². The van der Waals surface area contributed by atoms with Crippen molar-refractivity contribution < 1.29 is 9.53 Å². The van der Waals surface area contributed by atoms with E-state index in [4.69, 9.17) is 10.00 Å². The third-order valence-corrected chi connectivity index (χ3v) is 2.20. The molecule has 4 heteroatoms. The minimum atomic E-state index is -0.0634. The van der Waals surface area contributed by atoms with Crippen molar-refractivity contribution in [3.8, 4) is 6.07 Å². The Hall–Kier alpha value is -1.86. The van der Waals surface area contributed by atoms with E-state index in [2.05, 4.69) is 11.4 Å². The summed E-state index contributed by atoms with van der Waals surface area (Å²) in [6.45, 7) is 2.96. The van der Waals surface area contributed by atoms with Gasteiger partial charge in [0.15, 0.2) is 0 Å². The number of nitrogens with one attached hydrogen (secondary N) is 1. The largest absolute Gasteiger partial charge is 0.381 e. The predicted octanol–water partition coefficient (Wildman–Crippen LogP) is 2.12. The first-order chi connectivity index (χ1) is 8.26. The highest BCUT2D eigenvalue weighted by Crippen LogP contribution is 2.10. The Bertz CT molecular complexity index is 393. The second kappa shape index (κ2) is 7.42. The van der Waals surface area contributed by atoms with Crippen LogP contribution in [0.15, 0.2) is 24.3 Å². The molecule has 1 N–H and O–H groups in total. The normalized spacial score (nSPS) is 9.65. The van der Waals surface area contributed by atoms with E-state index >= 15 is 0 Å². The lowest BCUT2D eigenvalue weighted by molar-refractivity contribution is -0.117. The van der Waals surface area contributed by atoms with Gasteiger partial charge in [-0.15, -0.1) is 0 Å². The molecule has 0 unspecified atom stereocenters. The highest BCUT2D eigenvalue weighted by Gasteiger charge is 2.01. The van der Waals surface area contributed by atoms with Gasteiger partial charge in [0.25, 0.3) is 0 Å². The number of anilines is 1. The first kappa shape index (κ1) is 13.2. The molecule has 1 amide bonds. The quantitative estimate of drug-likeness (QED) is 0.764. The van der Waals surface area contributed by atoms with Gasteiger partial charge in [-0.25, -0.2) is 0 Å². The summed E-state index contributed by atoms with van der Waals surface area (Å²) in [5.41, 5.74) is 1.69. The maximum atomic E-state index is 11.5. The van der Waals surface area contributed by atoms with Gasteiger partial charge in [0, 0.05) is 12.3 Å². The third kappa shape index (κ3) is 5.14. The topological polar surface area (TPSA) is 62.1 Å². The van der Waals surface area contributed by atoms with E-state index in [1.54, 1.807) is 12.1 Å². The molecule has 0 spiro atoms. The molecule has 1 aromatic carbocycles. The van der Waals surface area contributed by atoms with Gasteiger partial charge in [-0.3, -0.25) is 4.79 Å². The molecule has 1 rings (SSSR count). The van der Waals surface area contributed by atoms with Crippen LogP contribution < -0.4 is 5.32 Å². The van der Waals surface area contributed by atoms with Crippen molar-refractivity contribution in [3.05, 3.63) is 29.8 Å². The maximum Gasteiger partial charge on any atom is 0.226 e. The summed E-state index contributed by atoms with van der Waals surface area (Å²) >= 11 is 0. The molecule has 0 saturated carbocycles. The van der Waals surface area contributed by atoms with Crippen LogP contribution in [0.25, 0.3) is 0 Å². The Labute approximate surface area is 101 Å². The summed E-state index contributed by atoms with van der Waals surface area (Å²) in [6, 6.07) is 9.34. The molecule has 0 heterocycles. The number of benzene rings is 1.